The Balaban J connectivity index is 1.63. The molecule has 1 unspecified atom stereocenters. The van der Waals surface area contributed by atoms with Crippen molar-refractivity contribution in [2.24, 2.45) is 0 Å². The molecule has 0 aliphatic carbocycles. The van der Waals surface area contributed by atoms with E-state index in [0.29, 0.717) is 22.2 Å². The lowest BCUT2D eigenvalue weighted by atomic mass is 9.91. The molecule has 0 spiro atoms. The van der Waals surface area contributed by atoms with Crippen LogP contribution in [0.3, 0.4) is 0 Å². The number of nitrogens with one attached hydrogen (secondary N) is 1. The molecule has 4 rings (SSSR count). The second kappa shape index (κ2) is 7.54. The van der Waals surface area contributed by atoms with Crippen molar-refractivity contribution in [2.45, 2.75) is 18.9 Å². The van der Waals surface area contributed by atoms with Gasteiger partial charge in [0, 0.05) is 16.5 Å². The number of rotatable bonds is 4. The number of amides is 3. The maximum absolute atomic E-state index is 13.2. The van der Waals surface area contributed by atoms with Gasteiger partial charge in [0.15, 0.2) is 0 Å². The summed E-state index contributed by atoms with van der Waals surface area (Å²) >= 11 is 12.1. The van der Waals surface area contributed by atoms with Crippen LogP contribution in [0.1, 0.15) is 12.5 Å². The van der Waals surface area contributed by atoms with E-state index in [0.717, 1.165) is 21.6 Å². The second-order valence-corrected chi connectivity index (χ2v) is 8.15. The van der Waals surface area contributed by atoms with Crippen molar-refractivity contribution < 1.29 is 9.59 Å². The lowest BCUT2D eigenvalue weighted by Gasteiger charge is -2.22. The zero-order valence-electron chi connectivity index (χ0n) is 15.7. The van der Waals surface area contributed by atoms with Gasteiger partial charge in [0.05, 0.1) is 5.69 Å². The van der Waals surface area contributed by atoms with E-state index in [1.165, 1.54) is 0 Å². The molecule has 0 radical (unpaired) electrons. The standard InChI is InChI=1S/C23H18Cl2N2O2/c1-23(14-15-6-5-9-17(10-15)16-7-3-2-4-8-16)21(28)27(22(29)26-23)20-12-18(24)11-19(25)13-20/h2-13H,14H2,1H3,(H,26,29). The smallest absolute Gasteiger partial charge is 0.323 e. The number of halogens is 2. The number of benzene rings is 3. The molecular formula is C23H18Cl2N2O2. The normalized spacial score (nSPS) is 18.8. The van der Waals surface area contributed by atoms with Crippen molar-refractivity contribution in [3.63, 3.8) is 0 Å². The topological polar surface area (TPSA) is 49.4 Å². The molecule has 1 N–H and O–H groups in total. The van der Waals surface area contributed by atoms with E-state index in [-0.39, 0.29) is 5.91 Å². The second-order valence-electron chi connectivity index (χ2n) is 7.27. The molecule has 146 valence electrons. The predicted molar refractivity (Wildman–Crippen MR) is 116 cm³/mol. The Morgan fingerprint density at radius 1 is 0.862 bits per heavy atom. The maximum Gasteiger partial charge on any atom is 0.329 e. The van der Waals surface area contributed by atoms with E-state index in [2.05, 4.69) is 5.32 Å². The molecule has 1 aliphatic rings. The van der Waals surface area contributed by atoms with Gasteiger partial charge < -0.3 is 5.32 Å². The molecule has 0 aromatic heterocycles. The fraction of sp³-hybridized carbons (Fsp3) is 0.130. The third kappa shape index (κ3) is 3.86. The van der Waals surface area contributed by atoms with Gasteiger partial charge in [-0.25, -0.2) is 9.69 Å². The molecule has 1 fully saturated rings. The monoisotopic (exact) mass is 424 g/mol. The minimum atomic E-state index is -1.07. The average molecular weight is 425 g/mol. The van der Waals surface area contributed by atoms with Crippen LogP contribution in [-0.2, 0) is 11.2 Å². The fourth-order valence-corrected chi connectivity index (χ4v) is 4.12. The Hall–Kier alpha value is -2.82. The summed E-state index contributed by atoms with van der Waals surface area (Å²) < 4.78 is 0. The number of carbonyl (C=O) groups excluding carboxylic acids is 2. The third-order valence-electron chi connectivity index (χ3n) is 4.96. The lowest BCUT2D eigenvalue weighted by molar-refractivity contribution is -0.121. The molecule has 3 amide bonds. The Kier molecular flexibility index (Phi) is 5.07. The highest BCUT2D eigenvalue weighted by Crippen LogP contribution is 2.32. The van der Waals surface area contributed by atoms with Gasteiger partial charge in [-0.15, -0.1) is 0 Å². The van der Waals surface area contributed by atoms with Crippen LogP contribution in [0.5, 0.6) is 0 Å². The highest BCUT2D eigenvalue weighted by molar-refractivity contribution is 6.35. The molecule has 1 atom stereocenters. The largest absolute Gasteiger partial charge is 0.329 e. The number of hydrogen-bond donors (Lipinski definition) is 1. The predicted octanol–water partition coefficient (Wildman–Crippen LogP) is 5.72. The van der Waals surface area contributed by atoms with Crippen molar-refractivity contribution in [1.29, 1.82) is 0 Å². The van der Waals surface area contributed by atoms with Crippen molar-refractivity contribution in [3.05, 3.63) is 88.4 Å². The minimum absolute atomic E-state index is 0.342. The average Bonchev–Trinajstić information content (AvgIpc) is 2.90. The van der Waals surface area contributed by atoms with Gasteiger partial charge in [-0.2, -0.15) is 0 Å². The summed E-state index contributed by atoms with van der Waals surface area (Å²) in [6.45, 7) is 1.73. The van der Waals surface area contributed by atoms with E-state index in [1.807, 2.05) is 54.6 Å². The van der Waals surface area contributed by atoms with Gasteiger partial charge in [0.2, 0.25) is 0 Å². The SMILES string of the molecule is CC1(Cc2cccc(-c3ccccc3)c2)NC(=O)N(c2cc(Cl)cc(Cl)c2)C1=O. The van der Waals surface area contributed by atoms with E-state index >= 15 is 0 Å². The van der Waals surface area contributed by atoms with Crippen LogP contribution in [-0.4, -0.2) is 17.5 Å². The van der Waals surface area contributed by atoms with E-state index in [9.17, 15) is 9.59 Å². The molecule has 1 aliphatic heterocycles. The van der Waals surface area contributed by atoms with Gasteiger partial charge >= 0.3 is 6.03 Å². The van der Waals surface area contributed by atoms with Gasteiger partial charge in [-0.1, -0.05) is 77.8 Å². The van der Waals surface area contributed by atoms with Crippen molar-refractivity contribution in [2.75, 3.05) is 4.90 Å². The summed E-state index contributed by atoms with van der Waals surface area (Å²) in [7, 11) is 0. The molecule has 4 nitrogen and oxygen atoms in total. The highest BCUT2D eigenvalue weighted by atomic mass is 35.5. The fourth-order valence-electron chi connectivity index (χ4n) is 3.61. The summed E-state index contributed by atoms with van der Waals surface area (Å²) in [5.74, 6) is -0.342. The molecule has 1 heterocycles. The number of imide groups is 1. The minimum Gasteiger partial charge on any atom is -0.323 e. The van der Waals surface area contributed by atoms with E-state index < -0.39 is 11.6 Å². The first-order chi connectivity index (χ1) is 13.9. The summed E-state index contributed by atoms with van der Waals surface area (Å²) in [5, 5.41) is 3.54. The summed E-state index contributed by atoms with van der Waals surface area (Å²) in [6, 6.07) is 22.1. The molecule has 6 heteroatoms. The first-order valence-electron chi connectivity index (χ1n) is 9.13. The van der Waals surface area contributed by atoms with Gasteiger partial charge in [0.1, 0.15) is 5.54 Å². The highest BCUT2D eigenvalue weighted by Gasteiger charge is 2.48. The van der Waals surface area contributed by atoms with Crippen molar-refractivity contribution in [3.8, 4) is 11.1 Å². The van der Waals surface area contributed by atoms with E-state index in [1.54, 1.807) is 25.1 Å². The number of anilines is 1. The number of nitrogens with zero attached hydrogens (tertiary/aromatic N) is 1. The van der Waals surface area contributed by atoms with E-state index in [4.69, 9.17) is 23.2 Å². The summed E-state index contributed by atoms with van der Waals surface area (Å²) in [5.41, 5.74) is 2.39. The van der Waals surface area contributed by atoms with Crippen LogP contribution in [0.15, 0.2) is 72.8 Å². The Morgan fingerprint density at radius 2 is 1.52 bits per heavy atom. The Morgan fingerprint density at radius 3 is 2.21 bits per heavy atom. The van der Waals surface area contributed by atoms with Crippen LogP contribution < -0.4 is 10.2 Å². The third-order valence-corrected chi connectivity index (χ3v) is 5.39. The van der Waals surface area contributed by atoms with Crippen LogP contribution in [0.4, 0.5) is 10.5 Å². The zero-order valence-corrected chi connectivity index (χ0v) is 17.2. The quantitative estimate of drug-likeness (QED) is 0.544. The molecule has 0 bridgehead atoms. The molecule has 0 saturated carbocycles. The van der Waals surface area contributed by atoms with Gasteiger partial charge in [-0.05, 0) is 41.8 Å². The summed E-state index contributed by atoms with van der Waals surface area (Å²) in [6.07, 6.45) is 0.364. The Labute approximate surface area is 179 Å². The van der Waals surface area contributed by atoms with Crippen LogP contribution >= 0.6 is 23.2 Å². The van der Waals surface area contributed by atoms with Crippen LogP contribution in [0.2, 0.25) is 10.0 Å². The molecule has 29 heavy (non-hydrogen) atoms. The first kappa shape index (κ1) is 19.5. The Bertz CT molecular complexity index is 1080. The number of hydrogen-bond acceptors (Lipinski definition) is 2. The first-order valence-corrected chi connectivity index (χ1v) is 9.88. The molecule has 3 aromatic rings. The van der Waals surface area contributed by atoms with Gasteiger partial charge in [0.25, 0.3) is 5.91 Å². The molecular weight excluding hydrogens is 407 g/mol. The maximum atomic E-state index is 13.2. The summed E-state index contributed by atoms with van der Waals surface area (Å²) in [4.78, 5) is 26.9. The zero-order chi connectivity index (χ0) is 20.6. The molecule has 1 saturated heterocycles. The van der Waals surface area contributed by atoms with Crippen LogP contribution in [0, 0.1) is 0 Å². The van der Waals surface area contributed by atoms with Gasteiger partial charge in [-0.3, -0.25) is 4.79 Å². The molecule has 3 aromatic carbocycles. The van der Waals surface area contributed by atoms with Crippen LogP contribution in [0.25, 0.3) is 11.1 Å². The number of urea groups is 1. The lowest BCUT2D eigenvalue weighted by Crippen LogP contribution is -2.46. The number of carbonyl (C=O) groups is 2. The van der Waals surface area contributed by atoms with Crippen molar-refractivity contribution in [1.82, 2.24) is 5.32 Å². The van der Waals surface area contributed by atoms with Crippen molar-refractivity contribution >= 4 is 40.8 Å².